The van der Waals surface area contributed by atoms with E-state index in [0.717, 1.165) is 10.0 Å². The van der Waals surface area contributed by atoms with E-state index in [1.807, 2.05) is 24.3 Å². The van der Waals surface area contributed by atoms with E-state index in [9.17, 15) is 4.79 Å². The van der Waals surface area contributed by atoms with Crippen LogP contribution < -0.4 is 0 Å². The third-order valence-electron chi connectivity index (χ3n) is 2.01. The van der Waals surface area contributed by atoms with Gasteiger partial charge in [-0.1, -0.05) is 33.2 Å². The van der Waals surface area contributed by atoms with Gasteiger partial charge in [0.2, 0.25) is 0 Å². The lowest BCUT2D eigenvalue weighted by atomic mass is 10.1. The Balaban J connectivity index is 2.46. The van der Waals surface area contributed by atoms with Gasteiger partial charge in [-0.05, 0) is 12.1 Å². The quantitative estimate of drug-likeness (QED) is 0.783. The number of hydrogen-bond donors (Lipinski definition) is 0. The molecule has 0 aliphatic heterocycles. The molecular formula is C11H8BrNO2. The van der Waals surface area contributed by atoms with E-state index < -0.39 is 0 Å². The molecule has 2 rings (SSSR count). The number of aromatic nitrogens is 1. The average Bonchev–Trinajstić information content (AvgIpc) is 2.67. The van der Waals surface area contributed by atoms with Crippen molar-refractivity contribution in [2.75, 3.05) is 0 Å². The summed E-state index contributed by atoms with van der Waals surface area (Å²) in [5.74, 6) is 0.490. The summed E-state index contributed by atoms with van der Waals surface area (Å²) < 4.78 is 6.01. The number of nitrogens with zero attached hydrogens (tertiary/aromatic N) is 1. The zero-order valence-electron chi connectivity index (χ0n) is 8.03. The molecule has 0 amide bonds. The maximum absolute atomic E-state index is 11.0. The first-order chi connectivity index (χ1) is 7.18. The number of ketones is 1. The summed E-state index contributed by atoms with van der Waals surface area (Å²) in [7, 11) is 0. The molecule has 0 bridgehead atoms. The summed E-state index contributed by atoms with van der Waals surface area (Å²) >= 11 is 3.41. The molecule has 0 atom stereocenters. The van der Waals surface area contributed by atoms with Gasteiger partial charge in [0.05, 0.1) is 0 Å². The molecule has 3 nitrogen and oxygen atoms in total. The largest absolute Gasteiger partial charge is 0.356 e. The Hall–Kier alpha value is -1.42. The molecule has 0 saturated carbocycles. The Kier molecular flexibility index (Phi) is 2.68. The molecule has 0 spiro atoms. The number of halogens is 1. The van der Waals surface area contributed by atoms with Gasteiger partial charge in [0, 0.05) is 23.0 Å². The smallest absolute Gasteiger partial charge is 0.181 e. The minimum Gasteiger partial charge on any atom is -0.356 e. The van der Waals surface area contributed by atoms with Crippen molar-refractivity contribution in [3.8, 4) is 11.3 Å². The van der Waals surface area contributed by atoms with Gasteiger partial charge in [0.15, 0.2) is 11.5 Å². The van der Waals surface area contributed by atoms with E-state index in [2.05, 4.69) is 21.1 Å². The number of rotatable bonds is 2. The molecule has 0 radical (unpaired) electrons. The predicted octanol–water partition coefficient (Wildman–Crippen LogP) is 3.31. The maximum atomic E-state index is 11.0. The van der Waals surface area contributed by atoms with Gasteiger partial charge in [0.1, 0.15) is 5.69 Å². The number of carbonyl (C=O) groups is 1. The zero-order valence-corrected chi connectivity index (χ0v) is 9.61. The SMILES string of the molecule is CC(=O)c1cc(-c2ccccc2Br)on1. The van der Waals surface area contributed by atoms with Crippen molar-refractivity contribution in [3.63, 3.8) is 0 Å². The van der Waals surface area contributed by atoms with Crippen molar-refractivity contribution in [1.29, 1.82) is 0 Å². The van der Waals surface area contributed by atoms with Gasteiger partial charge >= 0.3 is 0 Å². The Morgan fingerprint density at radius 1 is 1.40 bits per heavy atom. The molecule has 15 heavy (non-hydrogen) atoms. The third kappa shape index (κ3) is 1.99. The highest BCUT2D eigenvalue weighted by Crippen LogP contribution is 2.28. The lowest BCUT2D eigenvalue weighted by molar-refractivity contribution is 0.100. The third-order valence-corrected chi connectivity index (χ3v) is 2.70. The molecule has 0 aliphatic rings. The molecule has 1 aromatic carbocycles. The Morgan fingerprint density at radius 2 is 2.13 bits per heavy atom. The van der Waals surface area contributed by atoms with E-state index in [1.54, 1.807) is 6.07 Å². The minimum atomic E-state index is -0.1000. The van der Waals surface area contributed by atoms with Crippen LogP contribution in [0.25, 0.3) is 11.3 Å². The molecule has 4 heteroatoms. The number of hydrogen-bond acceptors (Lipinski definition) is 3. The van der Waals surface area contributed by atoms with Crippen LogP contribution in [0.1, 0.15) is 17.4 Å². The Bertz CT molecular complexity index is 505. The van der Waals surface area contributed by atoms with Crippen LogP contribution in [0.4, 0.5) is 0 Å². The highest BCUT2D eigenvalue weighted by Gasteiger charge is 2.11. The second kappa shape index (κ2) is 3.98. The van der Waals surface area contributed by atoms with Gasteiger partial charge in [0.25, 0.3) is 0 Å². The minimum absolute atomic E-state index is 0.1000. The van der Waals surface area contributed by atoms with E-state index in [0.29, 0.717) is 11.5 Å². The van der Waals surface area contributed by atoms with Crippen LogP contribution in [0.5, 0.6) is 0 Å². The number of carbonyl (C=O) groups excluding carboxylic acids is 1. The fraction of sp³-hybridized carbons (Fsp3) is 0.0909. The fourth-order valence-corrected chi connectivity index (χ4v) is 1.71. The molecule has 0 unspecified atom stereocenters. The predicted molar refractivity (Wildman–Crippen MR) is 59.6 cm³/mol. The van der Waals surface area contributed by atoms with E-state index in [4.69, 9.17) is 4.52 Å². The van der Waals surface area contributed by atoms with Crippen molar-refractivity contribution in [1.82, 2.24) is 5.16 Å². The monoisotopic (exact) mass is 265 g/mol. The molecule has 0 saturated heterocycles. The van der Waals surface area contributed by atoms with Gasteiger partial charge < -0.3 is 4.52 Å². The first-order valence-corrected chi connectivity index (χ1v) is 5.20. The molecule has 0 aliphatic carbocycles. The first-order valence-electron chi connectivity index (χ1n) is 4.41. The zero-order chi connectivity index (χ0) is 10.8. The maximum Gasteiger partial charge on any atom is 0.181 e. The van der Waals surface area contributed by atoms with E-state index in [-0.39, 0.29) is 5.78 Å². The first kappa shape index (κ1) is 10.1. The lowest BCUT2D eigenvalue weighted by Crippen LogP contribution is -1.89. The molecule has 2 aromatic rings. The summed E-state index contributed by atoms with van der Waals surface area (Å²) in [5, 5.41) is 3.69. The summed E-state index contributed by atoms with van der Waals surface area (Å²) in [6.07, 6.45) is 0. The van der Waals surface area contributed by atoms with Crippen molar-refractivity contribution in [3.05, 3.63) is 40.5 Å². The van der Waals surface area contributed by atoms with Crippen LogP contribution in [-0.2, 0) is 0 Å². The molecule has 0 N–H and O–H groups in total. The Morgan fingerprint density at radius 3 is 2.73 bits per heavy atom. The summed E-state index contributed by atoms with van der Waals surface area (Å²) in [4.78, 5) is 11.0. The second-order valence-electron chi connectivity index (χ2n) is 3.11. The van der Waals surface area contributed by atoms with E-state index >= 15 is 0 Å². The Labute approximate surface area is 95.2 Å². The normalized spacial score (nSPS) is 10.3. The molecule has 1 heterocycles. The number of benzene rings is 1. The summed E-state index contributed by atoms with van der Waals surface area (Å²) in [6, 6.07) is 9.26. The van der Waals surface area contributed by atoms with Crippen molar-refractivity contribution in [2.24, 2.45) is 0 Å². The van der Waals surface area contributed by atoms with Gasteiger partial charge in [-0.15, -0.1) is 0 Å². The van der Waals surface area contributed by atoms with Crippen LogP contribution >= 0.6 is 15.9 Å². The van der Waals surface area contributed by atoms with Crippen LogP contribution in [0.15, 0.2) is 39.3 Å². The van der Waals surface area contributed by atoms with Crippen LogP contribution in [-0.4, -0.2) is 10.9 Å². The number of Topliss-reactive ketones (excluding diaryl/α,β-unsaturated/α-hetero) is 1. The van der Waals surface area contributed by atoms with Gasteiger partial charge in [-0.25, -0.2) is 0 Å². The standard InChI is InChI=1S/C11H8BrNO2/c1-7(14)10-6-11(15-13-10)8-4-2-3-5-9(8)12/h2-6H,1H3. The van der Waals surface area contributed by atoms with Crippen LogP contribution in [0, 0.1) is 0 Å². The fourth-order valence-electron chi connectivity index (χ4n) is 1.23. The van der Waals surface area contributed by atoms with Gasteiger partial charge in [-0.3, -0.25) is 4.79 Å². The molecular weight excluding hydrogens is 258 g/mol. The lowest BCUT2D eigenvalue weighted by Gasteiger charge is -1.97. The molecule has 0 fully saturated rings. The highest BCUT2D eigenvalue weighted by atomic mass is 79.9. The highest BCUT2D eigenvalue weighted by molar-refractivity contribution is 9.10. The van der Waals surface area contributed by atoms with Crippen LogP contribution in [0.2, 0.25) is 0 Å². The summed E-state index contributed by atoms with van der Waals surface area (Å²) in [6.45, 7) is 1.46. The topological polar surface area (TPSA) is 43.1 Å². The average molecular weight is 266 g/mol. The molecule has 76 valence electrons. The second-order valence-corrected chi connectivity index (χ2v) is 3.97. The van der Waals surface area contributed by atoms with E-state index in [1.165, 1.54) is 6.92 Å². The van der Waals surface area contributed by atoms with Gasteiger partial charge in [-0.2, -0.15) is 0 Å². The van der Waals surface area contributed by atoms with Crippen LogP contribution in [0.3, 0.4) is 0 Å². The van der Waals surface area contributed by atoms with Crippen molar-refractivity contribution < 1.29 is 9.32 Å². The summed E-state index contributed by atoms with van der Waals surface area (Å²) in [5.41, 5.74) is 1.23. The van der Waals surface area contributed by atoms with Crippen molar-refractivity contribution >= 4 is 21.7 Å². The van der Waals surface area contributed by atoms with Crippen molar-refractivity contribution in [2.45, 2.75) is 6.92 Å². The molecule has 1 aromatic heterocycles.